The summed E-state index contributed by atoms with van der Waals surface area (Å²) in [7, 11) is 3.34. The highest BCUT2D eigenvalue weighted by atomic mass is 32.1. The van der Waals surface area contributed by atoms with Gasteiger partial charge in [-0.05, 0) is 19.1 Å². The molecule has 0 fully saturated rings. The van der Waals surface area contributed by atoms with E-state index < -0.39 is 0 Å². The van der Waals surface area contributed by atoms with Crippen LogP contribution in [-0.2, 0) is 0 Å². The van der Waals surface area contributed by atoms with Crippen LogP contribution in [0, 0.1) is 6.92 Å². The molecule has 1 amide bonds. The molecule has 0 N–H and O–H groups in total. The number of para-hydroxylation sites is 2. The number of rotatable bonds is 6. The highest BCUT2D eigenvalue weighted by Crippen LogP contribution is 2.25. The second kappa shape index (κ2) is 7.08. The van der Waals surface area contributed by atoms with Gasteiger partial charge in [-0.15, -0.1) is 11.3 Å². The molecular formula is C15H18N2O3S. The normalized spacial score (nSPS) is 10.2. The molecule has 1 heterocycles. The average Bonchev–Trinajstić information content (AvgIpc) is 2.93. The van der Waals surface area contributed by atoms with Gasteiger partial charge in [0.05, 0.1) is 18.7 Å². The van der Waals surface area contributed by atoms with E-state index in [0.29, 0.717) is 30.3 Å². The number of nitrogens with zero attached hydrogens (tertiary/aromatic N) is 2. The van der Waals surface area contributed by atoms with E-state index in [1.165, 1.54) is 11.3 Å². The first-order valence-electron chi connectivity index (χ1n) is 6.55. The molecule has 2 rings (SSSR count). The van der Waals surface area contributed by atoms with Crippen LogP contribution < -0.4 is 9.47 Å². The molecule has 0 aliphatic heterocycles. The Balaban J connectivity index is 1.87. The second-order valence-corrected chi connectivity index (χ2v) is 5.54. The van der Waals surface area contributed by atoms with Crippen molar-refractivity contribution in [3.63, 3.8) is 0 Å². The van der Waals surface area contributed by atoms with Gasteiger partial charge < -0.3 is 14.4 Å². The zero-order chi connectivity index (χ0) is 15.2. The van der Waals surface area contributed by atoms with Crippen molar-refractivity contribution in [3.05, 3.63) is 40.3 Å². The predicted molar refractivity (Wildman–Crippen MR) is 82.3 cm³/mol. The van der Waals surface area contributed by atoms with E-state index in [-0.39, 0.29) is 5.91 Å². The van der Waals surface area contributed by atoms with E-state index in [1.54, 1.807) is 24.4 Å². The minimum absolute atomic E-state index is 0.0945. The van der Waals surface area contributed by atoms with E-state index in [4.69, 9.17) is 9.47 Å². The van der Waals surface area contributed by atoms with Gasteiger partial charge in [0.25, 0.3) is 5.91 Å². The van der Waals surface area contributed by atoms with E-state index >= 15 is 0 Å². The molecule has 0 atom stereocenters. The summed E-state index contributed by atoms with van der Waals surface area (Å²) in [5, 5.41) is 2.66. The standard InChI is InChI=1S/C15H18N2O3S/c1-11-16-12(10-21-11)15(18)17(2)8-9-20-14-7-5-4-6-13(14)19-3/h4-7,10H,8-9H2,1-3H3. The highest BCUT2D eigenvalue weighted by Gasteiger charge is 2.14. The van der Waals surface area contributed by atoms with Crippen LogP contribution in [0.15, 0.2) is 29.6 Å². The summed E-state index contributed by atoms with van der Waals surface area (Å²) >= 11 is 1.47. The van der Waals surface area contributed by atoms with Crippen molar-refractivity contribution in [2.24, 2.45) is 0 Å². The summed E-state index contributed by atoms with van der Waals surface area (Å²) in [6.07, 6.45) is 0. The Hall–Kier alpha value is -2.08. The fourth-order valence-corrected chi connectivity index (χ4v) is 2.38. The maximum Gasteiger partial charge on any atom is 0.273 e. The van der Waals surface area contributed by atoms with E-state index in [1.807, 2.05) is 31.2 Å². The number of carbonyl (C=O) groups excluding carboxylic acids is 1. The largest absolute Gasteiger partial charge is 0.493 e. The third-order valence-corrected chi connectivity index (χ3v) is 3.71. The number of methoxy groups -OCH3 is 1. The smallest absolute Gasteiger partial charge is 0.273 e. The van der Waals surface area contributed by atoms with Crippen molar-refractivity contribution in [1.82, 2.24) is 9.88 Å². The third-order valence-electron chi connectivity index (χ3n) is 2.94. The number of hydrogen-bond acceptors (Lipinski definition) is 5. The molecule has 5 nitrogen and oxygen atoms in total. The van der Waals surface area contributed by atoms with Crippen molar-refractivity contribution in [1.29, 1.82) is 0 Å². The van der Waals surface area contributed by atoms with Crippen LogP contribution in [0.2, 0.25) is 0 Å². The fourth-order valence-electron chi connectivity index (χ4n) is 1.79. The van der Waals surface area contributed by atoms with Crippen molar-refractivity contribution < 1.29 is 14.3 Å². The second-order valence-electron chi connectivity index (χ2n) is 4.48. The number of benzene rings is 1. The number of hydrogen-bond donors (Lipinski definition) is 0. The van der Waals surface area contributed by atoms with Gasteiger partial charge in [0.1, 0.15) is 12.3 Å². The molecule has 112 valence electrons. The van der Waals surface area contributed by atoms with Gasteiger partial charge >= 0.3 is 0 Å². The molecule has 0 bridgehead atoms. The molecule has 0 aliphatic carbocycles. The van der Waals surface area contributed by atoms with E-state index in [0.717, 1.165) is 5.01 Å². The zero-order valence-electron chi connectivity index (χ0n) is 12.3. The quantitative estimate of drug-likeness (QED) is 0.823. The number of thiazole rings is 1. The Bertz CT molecular complexity index is 612. The first kappa shape index (κ1) is 15.3. The molecule has 6 heteroatoms. The first-order valence-corrected chi connectivity index (χ1v) is 7.43. The van der Waals surface area contributed by atoms with Crippen LogP contribution in [0.3, 0.4) is 0 Å². The van der Waals surface area contributed by atoms with Crippen molar-refractivity contribution >= 4 is 17.2 Å². The lowest BCUT2D eigenvalue weighted by atomic mass is 10.3. The van der Waals surface area contributed by atoms with Gasteiger partial charge in [-0.1, -0.05) is 12.1 Å². The van der Waals surface area contributed by atoms with Gasteiger partial charge in [-0.3, -0.25) is 4.79 Å². The van der Waals surface area contributed by atoms with Crippen molar-refractivity contribution in [3.8, 4) is 11.5 Å². The molecule has 2 aromatic rings. The lowest BCUT2D eigenvalue weighted by Crippen LogP contribution is -2.31. The summed E-state index contributed by atoms with van der Waals surface area (Å²) in [6, 6.07) is 7.43. The summed E-state index contributed by atoms with van der Waals surface area (Å²) in [5.74, 6) is 1.26. The molecule has 1 aromatic carbocycles. The molecule has 0 saturated heterocycles. The highest BCUT2D eigenvalue weighted by molar-refractivity contribution is 7.09. The number of aromatic nitrogens is 1. The van der Waals surface area contributed by atoms with Gasteiger partial charge in [-0.25, -0.2) is 4.98 Å². The summed E-state index contributed by atoms with van der Waals surface area (Å²) in [6.45, 7) is 2.76. The number of ether oxygens (including phenoxy) is 2. The maximum atomic E-state index is 12.1. The summed E-state index contributed by atoms with van der Waals surface area (Å²) in [5.41, 5.74) is 0.484. The Morgan fingerprint density at radius 1 is 1.33 bits per heavy atom. The lowest BCUT2D eigenvalue weighted by molar-refractivity contribution is 0.0768. The maximum absolute atomic E-state index is 12.1. The number of amides is 1. The van der Waals surface area contributed by atoms with Crippen LogP contribution >= 0.6 is 11.3 Å². The summed E-state index contributed by atoms with van der Waals surface area (Å²) in [4.78, 5) is 17.9. The minimum Gasteiger partial charge on any atom is -0.493 e. The molecule has 0 radical (unpaired) electrons. The van der Waals surface area contributed by atoms with Gasteiger partial charge in [0, 0.05) is 12.4 Å². The van der Waals surface area contributed by atoms with Crippen LogP contribution in [-0.4, -0.2) is 43.1 Å². The van der Waals surface area contributed by atoms with Crippen LogP contribution in [0.1, 0.15) is 15.5 Å². The molecular weight excluding hydrogens is 288 g/mol. The molecule has 1 aromatic heterocycles. The van der Waals surface area contributed by atoms with Crippen LogP contribution in [0.4, 0.5) is 0 Å². The molecule has 0 spiro atoms. The number of likely N-dealkylation sites (N-methyl/N-ethyl adjacent to an activating group) is 1. The van der Waals surface area contributed by atoms with Gasteiger partial charge in [0.2, 0.25) is 0 Å². The lowest BCUT2D eigenvalue weighted by Gasteiger charge is -2.17. The SMILES string of the molecule is COc1ccccc1OCCN(C)C(=O)c1csc(C)n1. The number of aryl methyl sites for hydroxylation is 1. The zero-order valence-corrected chi connectivity index (χ0v) is 13.1. The minimum atomic E-state index is -0.0945. The topological polar surface area (TPSA) is 51.7 Å². The first-order chi connectivity index (χ1) is 10.1. The Kier molecular flexibility index (Phi) is 5.16. The Labute approximate surface area is 128 Å². The summed E-state index contributed by atoms with van der Waals surface area (Å²) < 4.78 is 10.9. The van der Waals surface area contributed by atoms with Crippen molar-refractivity contribution in [2.45, 2.75) is 6.92 Å². The van der Waals surface area contributed by atoms with Gasteiger partial charge in [-0.2, -0.15) is 0 Å². The molecule has 0 unspecified atom stereocenters. The van der Waals surface area contributed by atoms with Crippen molar-refractivity contribution in [2.75, 3.05) is 27.3 Å². The van der Waals surface area contributed by atoms with E-state index in [2.05, 4.69) is 4.98 Å². The molecule has 0 aliphatic rings. The molecule has 0 saturated carbocycles. The van der Waals surface area contributed by atoms with Crippen LogP contribution in [0.25, 0.3) is 0 Å². The van der Waals surface area contributed by atoms with Gasteiger partial charge in [0.15, 0.2) is 11.5 Å². The monoisotopic (exact) mass is 306 g/mol. The Morgan fingerprint density at radius 3 is 2.67 bits per heavy atom. The van der Waals surface area contributed by atoms with E-state index in [9.17, 15) is 4.79 Å². The molecule has 21 heavy (non-hydrogen) atoms. The predicted octanol–water partition coefficient (Wildman–Crippen LogP) is 2.61. The fraction of sp³-hybridized carbons (Fsp3) is 0.333. The average molecular weight is 306 g/mol. The third kappa shape index (κ3) is 3.95. The van der Waals surface area contributed by atoms with Crippen LogP contribution in [0.5, 0.6) is 11.5 Å². The number of carbonyl (C=O) groups is 1. The Morgan fingerprint density at radius 2 is 2.05 bits per heavy atom.